The molecule has 0 bridgehead atoms. The highest BCUT2D eigenvalue weighted by Crippen LogP contribution is 2.27. The Hall–Kier alpha value is -2.67. The van der Waals surface area contributed by atoms with Gasteiger partial charge in [0.15, 0.2) is 0 Å². The van der Waals surface area contributed by atoms with Crippen molar-refractivity contribution in [3.05, 3.63) is 47.2 Å². The summed E-state index contributed by atoms with van der Waals surface area (Å²) in [6.07, 6.45) is 3.10. The van der Waals surface area contributed by atoms with Crippen LogP contribution in [0.4, 0.5) is 0 Å². The van der Waals surface area contributed by atoms with Crippen LogP contribution >= 0.6 is 0 Å². The first-order chi connectivity index (χ1) is 14.1. The molecule has 7 nitrogen and oxygen atoms in total. The number of rotatable bonds is 2. The molecule has 1 saturated heterocycles. The van der Waals surface area contributed by atoms with E-state index in [0.29, 0.717) is 24.6 Å². The number of likely N-dealkylation sites (N-methyl/N-ethyl adjacent to an activating group) is 1. The van der Waals surface area contributed by atoms with Crippen molar-refractivity contribution in [2.45, 2.75) is 38.6 Å². The predicted molar refractivity (Wildman–Crippen MR) is 110 cm³/mol. The lowest BCUT2D eigenvalue weighted by molar-refractivity contribution is 0.0758. The molecule has 2 aliphatic rings. The lowest BCUT2D eigenvalue weighted by Crippen LogP contribution is -2.34. The standard InChI is InChI=1S/C22H27N5O2/c1-15-12-18-13-16(5-6-19(18)29-15)22(28)26-9-7-20-23-24-21(27(20)11-10-26)17-4-3-8-25(2)14-17/h5-6,12-13,17H,3-4,7-11,14H2,1-2H3. The second-order valence-electron chi connectivity index (χ2n) is 8.38. The van der Waals surface area contributed by atoms with Gasteiger partial charge in [0, 0.05) is 49.5 Å². The fourth-order valence-electron chi connectivity index (χ4n) is 4.72. The van der Waals surface area contributed by atoms with Gasteiger partial charge in [0.25, 0.3) is 5.91 Å². The summed E-state index contributed by atoms with van der Waals surface area (Å²) in [5.41, 5.74) is 1.54. The number of furan rings is 1. The van der Waals surface area contributed by atoms with Crippen molar-refractivity contribution in [2.24, 2.45) is 0 Å². The smallest absolute Gasteiger partial charge is 0.253 e. The van der Waals surface area contributed by atoms with Gasteiger partial charge in [-0.05, 0) is 57.6 Å². The molecule has 3 aromatic rings. The summed E-state index contributed by atoms with van der Waals surface area (Å²) in [5.74, 6) is 3.46. The normalized spacial score (nSPS) is 20.6. The molecule has 2 aromatic heterocycles. The van der Waals surface area contributed by atoms with Gasteiger partial charge in [-0.15, -0.1) is 10.2 Å². The van der Waals surface area contributed by atoms with Gasteiger partial charge in [-0.25, -0.2) is 0 Å². The molecule has 1 aromatic carbocycles. The Morgan fingerprint density at radius 2 is 2.03 bits per heavy atom. The number of piperidine rings is 1. The van der Waals surface area contributed by atoms with Crippen LogP contribution in [0.1, 0.15) is 46.5 Å². The van der Waals surface area contributed by atoms with Crippen LogP contribution in [0.25, 0.3) is 11.0 Å². The first kappa shape index (κ1) is 18.4. The van der Waals surface area contributed by atoms with Crippen molar-refractivity contribution < 1.29 is 9.21 Å². The van der Waals surface area contributed by atoms with E-state index in [0.717, 1.165) is 60.9 Å². The Bertz CT molecular complexity index is 1050. The van der Waals surface area contributed by atoms with Gasteiger partial charge >= 0.3 is 0 Å². The number of carbonyl (C=O) groups excluding carboxylic acids is 1. The summed E-state index contributed by atoms with van der Waals surface area (Å²) in [5, 5.41) is 9.98. The van der Waals surface area contributed by atoms with Crippen LogP contribution in [0.2, 0.25) is 0 Å². The molecule has 0 aliphatic carbocycles. The van der Waals surface area contributed by atoms with Gasteiger partial charge in [-0.3, -0.25) is 4.79 Å². The molecule has 1 unspecified atom stereocenters. The summed E-state index contributed by atoms with van der Waals surface area (Å²) >= 11 is 0. The van der Waals surface area contributed by atoms with Gasteiger partial charge in [-0.2, -0.15) is 0 Å². The first-order valence-electron chi connectivity index (χ1n) is 10.5. The molecule has 1 amide bonds. The molecular weight excluding hydrogens is 366 g/mol. The molecule has 5 rings (SSSR count). The third kappa shape index (κ3) is 3.44. The van der Waals surface area contributed by atoms with Crippen LogP contribution in [0, 0.1) is 6.92 Å². The van der Waals surface area contributed by atoms with E-state index in [-0.39, 0.29) is 5.91 Å². The van der Waals surface area contributed by atoms with Gasteiger partial charge in [0.2, 0.25) is 0 Å². The van der Waals surface area contributed by atoms with E-state index in [9.17, 15) is 4.79 Å². The maximum Gasteiger partial charge on any atom is 0.253 e. The monoisotopic (exact) mass is 393 g/mol. The van der Waals surface area contributed by atoms with Crippen LogP contribution in [0.3, 0.4) is 0 Å². The fraction of sp³-hybridized carbons (Fsp3) is 0.500. The number of benzene rings is 1. The molecule has 152 valence electrons. The van der Waals surface area contributed by atoms with E-state index in [1.54, 1.807) is 0 Å². The van der Waals surface area contributed by atoms with Crippen LogP contribution < -0.4 is 0 Å². The number of hydrogen-bond donors (Lipinski definition) is 0. The summed E-state index contributed by atoms with van der Waals surface area (Å²) < 4.78 is 7.90. The lowest BCUT2D eigenvalue weighted by atomic mass is 9.97. The molecule has 0 radical (unpaired) electrons. The fourth-order valence-corrected chi connectivity index (χ4v) is 4.72. The molecule has 1 atom stereocenters. The summed E-state index contributed by atoms with van der Waals surface area (Å²) in [4.78, 5) is 17.5. The second-order valence-corrected chi connectivity index (χ2v) is 8.38. The summed E-state index contributed by atoms with van der Waals surface area (Å²) in [6.45, 7) is 6.22. The highest BCUT2D eigenvalue weighted by atomic mass is 16.3. The molecule has 7 heteroatoms. The van der Waals surface area contributed by atoms with Gasteiger partial charge < -0.3 is 18.8 Å². The van der Waals surface area contributed by atoms with Crippen molar-refractivity contribution >= 4 is 16.9 Å². The summed E-state index contributed by atoms with van der Waals surface area (Å²) in [6, 6.07) is 7.66. The molecule has 0 spiro atoms. The van der Waals surface area contributed by atoms with Crippen molar-refractivity contribution in [1.29, 1.82) is 0 Å². The number of aryl methyl sites for hydroxylation is 1. The number of hydrogen-bond acceptors (Lipinski definition) is 5. The van der Waals surface area contributed by atoms with Crippen LogP contribution in [0.5, 0.6) is 0 Å². The maximum absolute atomic E-state index is 13.1. The Balaban J connectivity index is 1.34. The Kier molecular flexibility index (Phi) is 4.62. The quantitative estimate of drug-likeness (QED) is 0.670. The highest BCUT2D eigenvalue weighted by Gasteiger charge is 2.28. The largest absolute Gasteiger partial charge is 0.461 e. The van der Waals surface area contributed by atoms with E-state index in [1.165, 1.54) is 6.42 Å². The molecule has 29 heavy (non-hydrogen) atoms. The Morgan fingerprint density at radius 3 is 2.90 bits per heavy atom. The van der Waals surface area contributed by atoms with Gasteiger partial charge in [0.05, 0.1) is 0 Å². The van der Waals surface area contributed by atoms with Gasteiger partial charge in [0.1, 0.15) is 23.0 Å². The molecule has 2 aliphatic heterocycles. The molecule has 1 fully saturated rings. The lowest BCUT2D eigenvalue weighted by Gasteiger charge is -2.29. The Morgan fingerprint density at radius 1 is 1.14 bits per heavy atom. The van der Waals surface area contributed by atoms with Crippen LogP contribution in [0.15, 0.2) is 28.7 Å². The number of amides is 1. The highest BCUT2D eigenvalue weighted by molar-refractivity contribution is 5.97. The zero-order valence-corrected chi connectivity index (χ0v) is 17.1. The number of carbonyl (C=O) groups is 1. The zero-order chi connectivity index (χ0) is 20.0. The minimum Gasteiger partial charge on any atom is -0.461 e. The van der Waals surface area contributed by atoms with Crippen LogP contribution in [-0.2, 0) is 13.0 Å². The summed E-state index contributed by atoms with van der Waals surface area (Å²) in [7, 11) is 2.17. The SMILES string of the molecule is Cc1cc2cc(C(=O)N3CCc4nnc(C5CCCN(C)C5)n4CC3)ccc2o1. The third-order valence-corrected chi connectivity index (χ3v) is 6.22. The minimum atomic E-state index is 0.0726. The van der Waals surface area contributed by atoms with Crippen molar-refractivity contribution in [2.75, 3.05) is 33.2 Å². The van der Waals surface area contributed by atoms with Crippen molar-refractivity contribution in [3.8, 4) is 0 Å². The van der Waals surface area contributed by atoms with E-state index >= 15 is 0 Å². The Labute approximate surface area is 170 Å². The number of fused-ring (bicyclic) bond motifs is 2. The average Bonchev–Trinajstić information content (AvgIpc) is 3.22. The van der Waals surface area contributed by atoms with Crippen molar-refractivity contribution in [1.82, 2.24) is 24.6 Å². The maximum atomic E-state index is 13.1. The van der Waals surface area contributed by atoms with E-state index in [1.807, 2.05) is 36.1 Å². The van der Waals surface area contributed by atoms with Gasteiger partial charge in [-0.1, -0.05) is 0 Å². The van der Waals surface area contributed by atoms with Crippen LogP contribution in [-0.4, -0.2) is 63.7 Å². The first-order valence-corrected chi connectivity index (χ1v) is 10.5. The third-order valence-electron chi connectivity index (χ3n) is 6.22. The number of likely N-dealkylation sites (tertiary alicyclic amines) is 1. The predicted octanol–water partition coefficient (Wildman–Crippen LogP) is 2.84. The molecule has 0 N–H and O–H groups in total. The molecule has 4 heterocycles. The number of nitrogens with zero attached hydrogens (tertiary/aromatic N) is 5. The molecular formula is C22H27N5O2. The average molecular weight is 393 g/mol. The van der Waals surface area contributed by atoms with E-state index in [2.05, 4.69) is 26.7 Å². The zero-order valence-electron chi connectivity index (χ0n) is 17.1. The van der Waals surface area contributed by atoms with Crippen molar-refractivity contribution in [3.63, 3.8) is 0 Å². The minimum absolute atomic E-state index is 0.0726. The second kappa shape index (κ2) is 7.30. The topological polar surface area (TPSA) is 67.4 Å². The van der Waals surface area contributed by atoms with E-state index < -0.39 is 0 Å². The molecule has 0 saturated carbocycles. The number of aromatic nitrogens is 3. The van der Waals surface area contributed by atoms with E-state index in [4.69, 9.17) is 4.42 Å².